The number of hydrogen-bond donors (Lipinski definition) is 2. The van der Waals surface area contributed by atoms with Crippen molar-refractivity contribution in [1.82, 2.24) is 20.2 Å². The fourth-order valence-electron chi connectivity index (χ4n) is 2.93. The summed E-state index contributed by atoms with van der Waals surface area (Å²) in [4.78, 5) is 14.2. The lowest BCUT2D eigenvalue weighted by Crippen LogP contribution is -2.40. The van der Waals surface area contributed by atoms with Crippen LogP contribution in [-0.2, 0) is 16.4 Å². The van der Waals surface area contributed by atoms with Crippen molar-refractivity contribution >= 4 is 39.8 Å². The zero-order valence-corrected chi connectivity index (χ0v) is 20.1. The fourth-order valence-corrected chi connectivity index (χ4v) is 4.11. The molecule has 7 nitrogen and oxygen atoms in total. The molecule has 160 valence electrons. The Balaban J connectivity index is 0.00000320. The normalized spacial score (nSPS) is 11.6. The van der Waals surface area contributed by atoms with Gasteiger partial charge in [0.15, 0.2) is 15.8 Å². The Kier molecular flexibility index (Phi) is 8.85. The average molecular weight is 539 g/mol. The standard InChI is InChI=1S/C21H25N5O2S.HI/c1-22-21(23-13-14-29(27,28)18-11-7-4-8-12-18)26(2)16-20-24-15-19(25-20)17-9-5-3-6-10-17;/h3-12,15H,13-14,16H2,1-2H3,(H,22,23)(H,24,25);1H. The minimum atomic E-state index is -3.33. The molecule has 0 amide bonds. The highest BCUT2D eigenvalue weighted by molar-refractivity contribution is 14.0. The summed E-state index contributed by atoms with van der Waals surface area (Å²) >= 11 is 0. The molecule has 1 heterocycles. The van der Waals surface area contributed by atoms with Crippen molar-refractivity contribution in [3.05, 3.63) is 72.7 Å². The van der Waals surface area contributed by atoms with E-state index in [1.165, 1.54) is 0 Å². The quantitative estimate of drug-likeness (QED) is 0.274. The van der Waals surface area contributed by atoms with Crippen LogP contribution in [0.4, 0.5) is 0 Å². The van der Waals surface area contributed by atoms with Crippen LogP contribution in [0.25, 0.3) is 11.3 Å². The molecule has 2 N–H and O–H groups in total. The predicted octanol–water partition coefficient (Wildman–Crippen LogP) is 3.18. The second-order valence-corrected chi connectivity index (χ2v) is 8.68. The third kappa shape index (κ3) is 6.30. The molecule has 0 saturated carbocycles. The van der Waals surface area contributed by atoms with E-state index in [2.05, 4.69) is 20.3 Å². The topological polar surface area (TPSA) is 90.4 Å². The monoisotopic (exact) mass is 539 g/mol. The van der Waals surface area contributed by atoms with Crippen LogP contribution in [0, 0.1) is 0 Å². The number of aromatic nitrogens is 2. The van der Waals surface area contributed by atoms with Gasteiger partial charge in [0.2, 0.25) is 0 Å². The van der Waals surface area contributed by atoms with Crippen molar-refractivity contribution in [2.75, 3.05) is 26.4 Å². The summed E-state index contributed by atoms with van der Waals surface area (Å²) in [6.45, 7) is 0.777. The molecule has 0 radical (unpaired) electrons. The summed E-state index contributed by atoms with van der Waals surface area (Å²) in [6, 6.07) is 18.4. The van der Waals surface area contributed by atoms with Gasteiger partial charge in [0.1, 0.15) is 5.82 Å². The van der Waals surface area contributed by atoms with E-state index in [0.29, 0.717) is 17.4 Å². The molecule has 0 aliphatic heterocycles. The number of sulfone groups is 1. The van der Waals surface area contributed by atoms with Crippen LogP contribution in [0.1, 0.15) is 5.82 Å². The maximum absolute atomic E-state index is 12.4. The first-order valence-electron chi connectivity index (χ1n) is 9.28. The maximum Gasteiger partial charge on any atom is 0.193 e. The van der Waals surface area contributed by atoms with E-state index in [-0.39, 0.29) is 36.3 Å². The van der Waals surface area contributed by atoms with Crippen LogP contribution < -0.4 is 5.32 Å². The molecule has 0 aliphatic carbocycles. The van der Waals surface area contributed by atoms with Gasteiger partial charge in [-0.3, -0.25) is 4.99 Å². The molecule has 0 fully saturated rings. The molecule has 2 aromatic carbocycles. The number of nitrogens with zero attached hydrogens (tertiary/aromatic N) is 3. The van der Waals surface area contributed by atoms with Gasteiger partial charge < -0.3 is 15.2 Å². The summed E-state index contributed by atoms with van der Waals surface area (Å²) < 4.78 is 24.8. The van der Waals surface area contributed by atoms with Gasteiger partial charge in [-0.2, -0.15) is 0 Å². The molecule has 3 aromatic rings. The maximum atomic E-state index is 12.4. The van der Waals surface area contributed by atoms with Crippen molar-refractivity contribution in [2.24, 2.45) is 4.99 Å². The number of H-pyrrole nitrogens is 1. The van der Waals surface area contributed by atoms with Crippen molar-refractivity contribution < 1.29 is 8.42 Å². The van der Waals surface area contributed by atoms with Gasteiger partial charge in [-0.25, -0.2) is 13.4 Å². The van der Waals surface area contributed by atoms with Gasteiger partial charge in [0, 0.05) is 20.6 Å². The first-order chi connectivity index (χ1) is 14.0. The molecule has 3 rings (SSSR count). The molecule has 0 bridgehead atoms. The van der Waals surface area contributed by atoms with E-state index >= 15 is 0 Å². The number of benzene rings is 2. The summed E-state index contributed by atoms with van der Waals surface area (Å²) in [6.07, 6.45) is 1.81. The average Bonchev–Trinajstić information content (AvgIpc) is 3.21. The highest BCUT2D eigenvalue weighted by Crippen LogP contribution is 2.16. The molecule has 0 atom stereocenters. The Morgan fingerprint density at radius 1 is 1.10 bits per heavy atom. The summed E-state index contributed by atoms with van der Waals surface area (Å²) in [5, 5.41) is 3.11. The van der Waals surface area contributed by atoms with Gasteiger partial charge in [0.05, 0.1) is 29.1 Å². The lowest BCUT2D eigenvalue weighted by Gasteiger charge is -2.21. The SMILES string of the molecule is CN=C(NCCS(=O)(=O)c1ccccc1)N(C)Cc1ncc(-c2ccccc2)[nH]1.I. The van der Waals surface area contributed by atoms with Crippen molar-refractivity contribution in [3.63, 3.8) is 0 Å². The molecule has 30 heavy (non-hydrogen) atoms. The van der Waals surface area contributed by atoms with E-state index in [1.807, 2.05) is 42.3 Å². The number of halogens is 1. The van der Waals surface area contributed by atoms with Crippen LogP contribution in [-0.4, -0.2) is 55.6 Å². The largest absolute Gasteiger partial charge is 0.355 e. The molecule has 0 aliphatic rings. The minimum Gasteiger partial charge on any atom is -0.355 e. The smallest absolute Gasteiger partial charge is 0.193 e. The number of guanidine groups is 1. The summed E-state index contributed by atoms with van der Waals surface area (Å²) in [7, 11) is 0.219. The second-order valence-electron chi connectivity index (χ2n) is 6.57. The van der Waals surface area contributed by atoms with Gasteiger partial charge in [0.25, 0.3) is 0 Å². The van der Waals surface area contributed by atoms with Gasteiger partial charge in [-0.05, 0) is 17.7 Å². The van der Waals surface area contributed by atoms with Crippen LogP contribution in [0.2, 0.25) is 0 Å². The number of hydrogen-bond acceptors (Lipinski definition) is 4. The van der Waals surface area contributed by atoms with Crippen molar-refractivity contribution in [2.45, 2.75) is 11.4 Å². The van der Waals surface area contributed by atoms with E-state index in [0.717, 1.165) is 17.1 Å². The Morgan fingerprint density at radius 3 is 2.37 bits per heavy atom. The Bertz CT molecular complexity index is 1050. The summed E-state index contributed by atoms with van der Waals surface area (Å²) in [5.41, 5.74) is 2.02. The number of aliphatic imine (C=N–C) groups is 1. The van der Waals surface area contributed by atoms with Gasteiger partial charge >= 0.3 is 0 Å². The summed E-state index contributed by atoms with van der Waals surface area (Å²) in [5.74, 6) is 1.39. The highest BCUT2D eigenvalue weighted by atomic mass is 127. The van der Waals surface area contributed by atoms with E-state index < -0.39 is 9.84 Å². The van der Waals surface area contributed by atoms with E-state index in [9.17, 15) is 8.42 Å². The van der Waals surface area contributed by atoms with E-state index in [1.54, 1.807) is 43.6 Å². The molecule has 0 spiro atoms. The van der Waals surface area contributed by atoms with Crippen LogP contribution in [0.5, 0.6) is 0 Å². The second kappa shape index (κ2) is 11.1. The number of aromatic amines is 1. The third-order valence-electron chi connectivity index (χ3n) is 4.43. The van der Waals surface area contributed by atoms with Gasteiger partial charge in [-0.1, -0.05) is 48.5 Å². The van der Waals surface area contributed by atoms with Crippen molar-refractivity contribution in [1.29, 1.82) is 0 Å². The van der Waals surface area contributed by atoms with Gasteiger partial charge in [-0.15, -0.1) is 24.0 Å². The zero-order valence-electron chi connectivity index (χ0n) is 16.9. The molecule has 0 unspecified atom stereocenters. The number of rotatable bonds is 7. The van der Waals surface area contributed by atoms with Crippen LogP contribution in [0.15, 0.2) is 76.7 Å². The number of imidazole rings is 1. The number of nitrogens with one attached hydrogen (secondary N) is 2. The molecule has 0 saturated heterocycles. The van der Waals surface area contributed by atoms with E-state index in [4.69, 9.17) is 0 Å². The fraction of sp³-hybridized carbons (Fsp3) is 0.238. The molecule has 1 aromatic heterocycles. The van der Waals surface area contributed by atoms with Crippen molar-refractivity contribution in [3.8, 4) is 11.3 Å². The van der Waals surface area contributed by atoms with Crippen LogP contribution >= 0.6 is 24.0 Å². The predicted molar refractivity (Wildman–Crippen MR) is 131 cm³/mol. The Hall–Kier alpha value is -2.40. The first-order valence-corrected chi connectivity index (χ1v) is 10.9. The lowest BCUT2D eigenvalue weighted by atomic mass is 10.2. The minimum absolute atomic E-state index is 0. The zero-order chi connectivity index (χ0) is 20.7. The molecule has 9 heteroatoms. The third-order valence-corrected chi connectivity index (χ3v) is 6.16. The van der Waals surface area contributed by atoms with Crippen LogP contribution in [0.3, 0.4) is 0 Å². The Morgan fingerprint density at radius 2 is 1.73 bits per heavy atom. The lowest BCUT2D eigenvalue weighted by molar-refractivity contribution is 0.466. The highest BCUT2D eigenvalue weighted by Gasteiger charge is 2.15. The molecular weight excluding hydrogens is 513 g/mol. The first kappa shape index (κ1) is 23.9. The Labute approximate surface area is 194 Å². The molecular formula is C21H26IN5O2S.